The predicted molar refractivity (Wildman–Crippen MR) is 118 cm³/mol. The van der Waals surface area contributed by atoms with Gasteiger partial charge in [0.05, 0.1) is 25.1 Å². The zero-order valence-electron chi connectivity index (χ0n) is 18.0. The van der Waals surface area contributed by atoms with Crippen molar-refractivity contribution in [2.45, 2.75) is 25.8 Å². The number of para-hydroxylation sites is 1. The highest BCUT2D eigenvalue weighted by Crippen LogP contribution is 2.34. The van der Waals surface area contributed by atoms with Crippen molar-refractivity contribution in [1.82, 2.24) is 5.32 Å². The van der Waals surface area contributed by atoms with E-state index in [0.717, 1.165) is 11.8 Å². The Balaban J connectivity index is 1.60. The molecule has 31 heavy (non-hydrogen) atoms. The number of fused-ring (bicyclic) bond motifs is 1. The summed E-state index contributed by atoms with van der Waals surface area (Å²) in [6.07, 6.45) is 1.70. The topological polar surface area (TPSA) is 94.2 Å². The van der Waals surface area contributed by atoms with Gasteiger partial charge < -0.3 is 19.5 Å². The molecule has 1 aliphatic heterocycles. The molecule has 0 fully saturated rings. The van der Waals surface area contributed by atoms with Gasteiger partial charge in [-0.2, -0.15) is 0 Å². The molecule has 168 valence electrons. The lowest BCUT2D eigenvalue weighted by molar-refractivity contribution is -0.121. The van der Waals surface area contributed by atoms with E-state index in [-0.39, 0.29) is 24.9 Å². The molecule has 1 amide bonds. The first kappa shape index (κ1) is 22.7. The van der Waals surface area contributed by atoms with Gasteiger partial charge in [0.15, 0.2) is 11.5 Å². The molecule has 1 aliphatic rings. The fourth-order valence-corrected chi connectivity index (χ4v) is 4.43. The van der Waals surface area contributed by atoms with Crippen LogP contribution in [0.3, 0.4) is 0 Å². The number of methoxy groups -OCH3 is 1. The first-order valence-electron chi connectivity index (χ1n) is 10.1. The van der Waals surface area contributed by atoms with Crippen LogP contribution in [0.15, 0.2) is 42.5 Å². The number of benzene rings is 2. The quantitative estimate of drug-likeness (QED) is 0.634. The molecule has 3 rings (SSSR count). The average Bonchev–Trinajstić information content (AvgIpc) is 2.75. The summed E-state index contributed by atoms with van der Waals surface area (Å²) >= 11 is 0. The third-order valence-electron chi connectivity index (χ3n) is 4.96. The number of carbonyl (C=O) groups is 1. The average molecular weight is 449 g/mol. The Morgan fingerprint density at radius 2 is 1.87 bits per heavy atom. The number of rotatable bonds is 9. The van der Waals surface area contributed by atoms with Gasteiger partial charge in [-0.1, -0.05) is 18.2 Å². The van der Waals surface area contributed by atoms with Crippen LogP contribution in [0.1, 0.15) is 31.4 Å². The van der Waals surface area contributed by atoms with Crippen molar-refractivity contribution in [3.05, 3.63) is 48.0 Å². The van der Waals surface area contributed by atoms with Gasteiger partial charge in [0.25, 0.3) is 0 Å². The maximum atomic E-state index is 12.4. The van der Waals surface area contributed by atoms with Crippen LogP contribution in [0.2, 0.25) is 0 Å². The minimum Gasteiger partial charge on any atom is -0.496 e. The van der Waals surface area contributed by atoms with E-state index in [2.05, 4.69) is 5.32 Å². The maximum absolute atomic E-state index is 12.4. The Morgan fingerprint density at radius 1 is 1.16 bits per heavy atom. The molecule has 0 spiro atoms. The standard InChI is InChI=1S/C22H28N2O6S/c1-16(18-7-4-5-8-19(18)28-2)23-22(25)9-6-12-24(31(3,26)27)17-10-11-20-21(15-17)30-14-13-29-20/h4-5,7-8,10-11,15-16H,6,9,12-14H2,1-3H3,(H,23,25). The summed E-state index contributed by atoms with van der Waals surface area (Å²) in [5.41, 5.74) is 1.36. The van der Waals surface area contributed by atoms with Crippen molar-refractivity contribution in [2.75, 3.05) is 37.4 Å². The number of ether oxygens (including phenoxy) is 3. The van der Waals surface area contributed by atoms with E-state index < -0.39 is 10.0 Å². The van der Waals surface area contributed by atoms with Crippen molar-refractivity contribution in [2.24, 2.45) is 0 Å². The summed E-state index contributed by atoms with van der Waals surface area (Å²) in [5.74, 6) is 1.65. The molecule has 0 radical (unpaired) electrons. The van der Waals surface area contributed by atoms with Crippen molar-refractivity contribution in [3.63, 3.8) is 0 Å². The molecule has 1 unspecified atom stereocenters. The predicted octanol–water partition coefficient (Wildman–Crippen LogP) is 2.89. The highest BCUT2D eigenvalue weighted by atomic mass is 32.2. The number of amides is 1. The molecule has 2 aromatic rings. The minimum absolute atomic E-state index is 0.158. The van der Waals surface area contributed by atoms with Crippen LogP contribution in [0.5, 0.6) is 17.2 Å². The Morgan fingerprint density at radius 3 is 2.58 bits per heavy atom. The number of carbonyl (C=O) groups excluding carboxylic acids is 1. The van der Waals surface area contributed by atoms with Gasteiger partial charge >= 0.3 is 0 Å². The summed E-state index contributed by atoms with van der Waals surface area (Å²) in [7, 11) is -1.94. The first-order valence-corrected chi connectivity index (χ1v) is 11.9. The second-order valence-corrected chi connectivity index (χ2v) is 9.20. The van der Waals surface area contributed by atoms with Crippen LogP contribution in [0, 0.1) is 0 Å². The summed E-state index contributed by atoms with van der Waals surface area (Å²) in [4.78, 5) is 12.4. The molecule has 1 heterocycles. The molecule has 2 aromatic carbocycles. The number of anilines is 1. The number of sulfonamides is 1. The van der Waals surface area contributed by atoms with Crippen LogP contribution in [-0.4, -0.2) is 47.4 Å². The smallest absolute Gasteiger partial charge is 0.232 e. The molecule has 8 nitrogen and oxygen atoms in total. The van der Waals surface area contributed by atoms with Gasteiger partial charge in [-0.15, -0.1) is 0 Å². The van der Waals surface area contributed by atoms with Gasteiger partial charge in [-0.3, -0.25) is 9.10 Å². The summed E-state index contributed by atoms with van der Waals surface area (Å²) in [5, 5.41) is 2.94. The monoisotopic (exact) mass is 448 g/mol. The van der Waals surface area contributed by atoms with Crippen LogP contribution < -0.4 is 23.8 Å². The Kier molecular flexibility index (Phi) is 7.27. The fourth-order valence-electron chi connectivity index (χ4n) is 3.47. The number of hydrogen-bond acceptors (Lipinski definition) is 6. The molecule has 0 bridgehead atoms. The van der Waals surface area contributed by atoms with Crippen LogP contribution in [0.25, 0.3) is 0 Å². The SMILES string of the molecule is COc1ccccc1C(C)NC(=O)CCCN(c1ccc2c(c1)OCCO2)S(C)(=O)=O. The number of nitrogens with zero attached hydrogens (tertiary/aromatic N) is 1. The van der Waals surface area contributed by atoms with Gasteiger partial charge in [0.1, 0.15) is 19.0 Å². The Bertz CT molecular complexity index is 1020. The van der Waals surface area contributed by atoms with Crippen molar-refractivity contribution < 1.29 is 27.4 Å². The molecular weight excluding hydrogens is 420 g/mol. The van der Waals surface area contributed by atoms with Crippen molar-refractivity contribution in [3.8, 4) is 17.2 Å². The summed E-state index contributed by atoms with van der Waals surface area (Å²) in [6.45, 7) is 2.94. The zero-order valence-corrected chi connectivity index (χ0v) is 18.8. The molecule has 1 N–H and O–H groups in total. The lowest BCUT2D eigenvalue weighted by atomic mass is 10.1. The van der Waals surface area contributed by atoms with E-state index in [1.54, 1.807) is 25.3 Å². The zero-order chi connectivity index (χ0) is 22.4. The molecule has 0 aliphatic carbocycles. The van der Waals surface area contributed by atoms with E-state index in [9.17, 15) is 13.2 Å². The van der Waals surface area contributed by atoms with Crippen molar-refractivity contribution in [1.29, 1.82) is 0 Å². The third kappa shape index (κ3) is 5.81. The van der Waals surface area contributed by atoms with Crippen LogP contribution in [0.4, 0.5) is 5.69 Å². The normalized spacial score (nSPS) is 13.9. The fraction of sp³-hybridized carbons (Fsp3) is 0.409. The first-order chi connectivity index (χ1) is 14.8. The summed E-state index contributed by atoms with van der Waals surface area (Å²) < 4.78 is 42.4. The molecule has 0 saturated heterocycles. The number of hydrogen-bond donors (Lipinski definition) is 1. The second-order valence-electron chi connectivity index (χ2n) is 7.30. The van der Waals surface area contributed by atoms with Gasteiger partial charge in [-0.25, -0.2) is 8.42 Å². The van der Waals surface area contributed by atoms with Crippen molar-refractivity contribution >= 4 is 21.6 Å². The minimum atomic E-state index is -3.53. The highest BCUT2D eigenvalue weighted by Gasteiger charge is 2.21. The van der Waals surface area contributed by atoms with Gasteiger partial charge in [-0.05, 0) is 31.5 Å². The molecule has 0 saturated carbocycles. The highest BCUT2D eigenvalue weighted by molar-refractivity contribution is 7.92. The Hall–Kier alpha value is -2.94. The maximum Gasteiger partial charge on any atom is 0.232 e. The lowest BCUT2D eigenvalue weighted by Gasteiger charge is -2.25. The van der Waals surface area contributed by atoms with Crippen LogP contribution in [-0.2, 0) is 14.8 Å². The van der Waals surface area contributed by atoms with E-state index in [0.29, 0.717) is 42.6 Å². The second kappa shape index (κ2) is 9.91. The van der Waals surface area contributed by atoms with E-state index in [1.165, 1.54) is 4.31 Å². The Labute approximate surface area is 183 Å². The molecule has 0 aromatic heterocycles. The van der Waals surface area contributed by atoms with Gasteiger partial charge in [0, 0.05) is 24.6 Å². The molecular formula is C22H28N2O6S. The van der Waals surface area contributed by atoms with E-state index >= 15 is 0 Å². The molecule has 1 atom stereocenters. The molecule has 9 heteroatoms. The van der Waals surface area contributed by atoms with E-state index in [4.69, 9.17) is 14.2 Å². The third-order valence-corrected chi connectivity index (χ3v) is 6.16. The van der Waals surface area contributed by atoms with E-state index in [1.807, 2.05) is 31.2 Å². The van der Waals surface area contributed by atoms with Crippen LogP contribution >= 0.6 is 0 Å². The lowest BCUT2D eigenvalue weighted by Crippen LogP contribution is -2.32. The largest absolute Gasteiger partial charge is 0.496 e. The van der Waals surface area contributed by atoms with Gasteiger partial charge in [0.2, 0.25) is 15.9 Å². The number of nitrogens with one attached hydrogen (secondary N) is 1. The summed E-state index contributed by atoms with van der Waals surface area (Å²) in [6, 6.07) is 12.3.